The fourth-order valence-electron chi connectivity index (χ4n) is 2.88. The number of halogens is 1. The summed E-state index contributed by atoms with van der Waals surface area (Å²) in [5, 5.41) is 2.64. The number of fused-ring (bicyclic) bond motifs is 1. The molecule has 1 aromatic carbocycles. The molecule has 0 saturated carbocycles. The second-order valence-electron chi connectivity index (χ2n) is 5.59. The summed E-state index contributed by atoms with van der Waals surface area (Å²) >= 11 is 0. The third kappa shape index (κ3) is 3.31. The monoisotopic (exact) mass is 304 g/mol. The van der Waals surface area contributed by atoms with Crippen LogP contribution in [0, 0.1) is 5.82 Å². The number of piperidine rings is 1. The summed E-state index contributed by atoms with van der Waals surface area (Å²) in [6.07, 6.45) is 4.02. The van der Waals surface area contributed by atoms with E-state index in [1.54, 1.807) is 13.2 Å². The quantitative estimate of drug-likeness (QED) is 0.861. The Balaban J connectivity index is 1.83. The molecule has 1 amide bonds. The van der Waals surface area contributed by atoms with Gasteiger partial charge in [-0.1, -0.05) is 11.6 Å². The maximum Gasteiger partial charge on any atom is 0.363 e. The molecule has 0 aromatic heterocycles. The molecule has 116 valence electrons. The zero-order valence-electron chi connectivity index (χ0n) is 12.5. The van der Waals surface area contributed by atoms with Crippen molar-refractivity contribution < 1.29 is 18.6 Å². The molecule has 1 N–H and O–H groups in total. The Labute approximate surface area is 129 Å². The zero-order valence-corrected chi connectivity index (χ0v) is 12.5. The van der Waals surface area contributed by atoms with Crippen LogP contribution in [-0.2, 0) is 9.45 Å². The first-order valence-electron chi connectivity index (χ1n) is 7.32. The van der Waals surface area contributed by atoms with Crippen molar-refractivity contribution in [1.29, 1.82) is 0 Å². The number of carbonyl (C=O) groups excluding carboxylic acids is 1. The van der Waals surface area contributed by atoms with Gasteiger partial charge in [0.2, 0.25) is 0 Å². The summed E-state index contributed by atoms with van der Waals surface area (Å²) in [4.78, 5) is 13.6. The molecule has 0 unspecified atom stereocenters. The summed E-state index contributed by atoms with van der Waals surface area (Å²) in [7, 11) is 2.28. The second-order valence-corrected chi connectivity index (χ2v) is 5.59. The Bertz CT molecular complexity index is 619. The summed E-state index contributed by atoms with van der Waals surface area (Å²) in [5.74, 6) is -0.596. The minimum Gasteiger partial charge on any atom is -0.478 e. The van der Waals surface area contributed by atoms with Crippen LogP contribution < -0.4 is 10.1 Å². The first-order chi connectivity index (χ1) is 10.7. The van der Waals surface area contributed by atoms with E-state index in [1.807, 2.05) is 6.08 Å². The molecule has 0 radical (unpaired) electrons. The number of ether oxygens (including phenoxy) is 1. The molecule has 0 spiro atoms. The number of amides is 1. The number of nitrogens with zero attached hydrogens (tertiary/aromatic N) is 1. The van der Waals surface area contributed by atoms with Crippen LogP contribution in [0.3, 0.4) is 0 Å². The maximum atomic E-state index is 14.1. The van der Waals surface area contributed by atoms with Crippen molar-refractivity contribution in [3.63, 3.8) is 0 Å². The van der Waals surface area contributed by atoms with E-state index in [0.717, 1.165) is 31.5 Å². The van der Waals surface area contributed by atoms with Crippen molar-refractivity contribution in [2.45, 2.75) is 12.8 Å². The molecule has 0 bridgehead atoms. The van der Waals surface area contributed by atoms with Crippen LogP contribution in [-0.4, -0.2) is 45.1 Å². The van der Waals surface area contributed by atoms with E-state index < -0.39 is 5.82 Å². The van der Waals surface area contributed by atoms with E-state index >= 15 is 0 Å². The van der Waals surface area contributed by atoms with Gasteiger partial charge in [-0.05, 0) is 37.1 Å². The number of nitrogens with one attached hydrogen (secondary N) is 1. The molecule has 7 heteroatoms. The first kappa shape index (κ1) is 15.1. The predicted octanol–water partition coefficient (Wildman–Crippen LogP) is 1.55. The highest BCUT2D eigenvalue weighted by atomic mass is 19.1. The van der Waals surface area contributed by atoms with Crippen LogP contribution in [0.5, 0.6) is 5.75 Å². The van der Waals surface area contributed by atoms with E-state index in [2.05, 4.69) is 10.1 Å². The molecule has 1 saturated heterocycles. The van der Waals surface area contributed by atoms with Crippen LogP contribution in [0.4, 0.5) is 10.1 Å². The van der Waals surface area contributed by atoms with Gasteiger partial charge in [0, 0.05) is 13.7 Å². The molecule has 22 heavy (non-hydrogen) atoms. The summed E-state index contributed by atoms with van der Waals surface area (Å²) in [5.41, 5.74) is 2.36. The second kappa shape index (κ2) is 6.50. The van der Waals surface area contributed by atoms with Gasteiger partial charge in [-0.2, -0.15) is 0 Å². The SMILES string of the molecule is COBN1CCC/C(=C\c2cc(F)c3c(c2)NC(=O)CO3)C1. The largest absolute Gasteiger partial charge is 0.478 e. The number of anilines is 1. The Hall–Kier alpha value is -1.86. The number of rotatable bonds is 3. The predicted molar refractivity (Wildman–Crippen MR) is 83.5 cm³/mol. The Kier molecular flexibility index (Phi) is 4.45. The van der Waals surface area contributed by atoms with Gasteiger partial charge in [0.1, 0.15) is 0 Å². The summed E-state index contributed by atoms with van der Waals surface area (Å²) in [6.45, 7) is 1.68. The van der Waals surface area contributed by atoms with Gasteiger partial charge >= 0.3 is 7.62 Å². The van der Waals surface area contributed by atoms with E-state index in [9.17, 15) is 9.18 Å². The van der Waals surface area contributed by atoms with Crippen molar-refractivity contribution >= 4 is 25.3 Å². The minimum absolute atomic E-state index is 0.117. The molecule has 1 fully saturated rings. The number of hydrogen-bond acceptors (Lipinski definition) is 4. The van der Waals surface area contributed by atoms with Crippen molar-refractivity contribution in [3.05, 3.63) is 29.1 Å². The van der Waals surface area contributed by atoms with E-state index in [1.165, 1.54) is 11.6 Å². The molecule has 2 aliphatic heterocycles. The van der Waals surface area contributed by atoms with Crippen molar-refractivity contribution in [1.82, 2.24) is 4.81 Å². The molecule has 2 heterocycles. The zero-order chi connectivity index (χ0) is 15.5. The normalized spacial score (nSPS) is 20.3. The Morgan fingerprint density at radius 1 is 1.50 bits per heavy atom. The van der Waals surface area contributed by atoms with Crippen molar-refractivity contribution in [2.75, 3.05) is 32.1 Å². The molecule has 0 atom stereocenters. The molecular formula is C15H18BFN2O3. The van der Waals surface area contributed by atoms with E-state index in [4.69, 9.17) is 9.39 Å². The van der Waals surface area contributed by atoms with Gasteiger partial charge in [-0.3, -0.25) is 4.79 Å². The van der Waals surface area contributed by atoms with Gasteiger partial charge in [0.25, 0.3) is 5.91 Å². The molecular weight excluding hydrogens is 286 g/mol. The van der Waals surface area contributed by atoms with Crippen LogP contribution in [0.25, 0.3) is 6.08 Å². The van der Waals surface area contributed by atoms with Crippen LogP contribution in [0.15, 0.2) is 17.7 Å². The average Bonchev–Trinajstić information content (AvgIpc) is 2.47. The third-order valence-electron chi connectivity index (χ3n) is 3.77. The first-order valence-corrected chi connectivity index (χ1v) is 7.32. The highest BCUT2D eigenvalue weighted by Gasteiger charge is 2.21. The van der Waals surface area contributed by atoms with Crippen LogP contribution in [0.1, 0.15) is 18.4 Å². The molecule has 2 aliphatic rings. The lowest BCUT2D eigenvalue weighted by Crippen LogP contribution is -2.35. The maximum absolute atomic E-state index is 14.1. The molecule has 3 rings (SSSR count). The number of carbonyl (C=O) groups is 1. The molecule has 1 aromatic rings. The summed E-state index contributed by atoms with van der Waals surface area (Å²) in [6, 6.07) is 3.19. The van der Waals surface area contributed by atoms with E-state index in [0.29, 0.717) is 13.3 Å². The van der Waals surface area contributed by atoms with Gasteiger partial charge in [-0.15, -0.1) is 0 Å². The summed E-state index contributed by atoms with van der Waals surface area (Å²) < 4.78 is 24.4. The molecule has 0 aliphatic carbocycles. The smallest absolute Gasteiger partial charge is 0.363 e. The van der Waals surface area contributed by atoms with Crippen LogP contribution >= 0.6 is 0 Å². The Morgan fingerprint density at radius 3 is 3.18 bits per heavy atom. The highest BCUT2D eigenvalue weighted by molar-refractivity contribution is 6.23. The lowest BCUT2D eigenvalue weighted by atomic mass is 9.97. The Morgan fingerprint density at radius 2 is 2.36 bits per heavy atom. The standard InChI is InChI=1S/C15H18BFN2O3/c1-21-16-19-4-2-3-10(8-19)5-11-6-12(17)15-13(7-11)18-14(20)9-22-15/h5-7,16H,2-4,8-9H2,1H3,(H,18,20)/b10-5+. The highest BCUT2D eigenvalue weighted by Crippen LogP contribution is 2.33. The lowest BCUT2D eigenvalue weighted by molar-refractivity contribution is -0.118. The number of hydrogen-bond donors (Lipinski definition) is 1. The van der Waals surface area contributed by atoms with Gasteiger partial charge in [0.05, 0.1) is 5.69 Å². The number of benzene rings is 1. The minimum atomic E-state index is -0.450. The topological polar surface area (TPSA) is 50.8 Å². The average molecular weight is 304 g/mol. The fourth-order valence-corrected chi connectivity index (χ4v) is 2.88. The van der Waals surface area contributed by atoms with Gasteiger partial charge < -0.3 is 19.5 Å². The van der Waals surface area contributed by atoms with Gasteiger partial charge in [-0.25, -0.2) is 4.39 Å². The van der Waals surface area contributed by atoms with Crippen molar-refractivity contribution in [2.24, 2.45) is 0 Å². The fraction of sp³-hybridized carbons (Fsp3) is 0.400. The van der Waals surface area contributed by atoms with E-state index in [-0.39, 0.29) is 18.3 Å². The van der Waals surface area contributed by atoms with Crippen molar-refractivity contribution in [3.8, 4) is 5.75 Å². The lowest BCUT2D eigenvalue weighted by Gasteiger charge is -2.27. The third-order valence-corrected chi connectivity index (χ3v) is 3.77. The van der Waals surface area contributed by atoms with Gasteiger partial charge in [0.15, 0.2) is 18.2 Å². The molecule has 5 nitrogen and oxygen atoms in total. The van der Waals surface area contributed by atoms with Crippen LogP contribution in [0.2, 0.25) is 0 Å².